The number of nitrogens with one attached hydrogen (secondary N) is 1. The third-order valence-corrected chi connectivity index (χ3v) is 5.87. The van der Waals surface area contributed by atoms with Crippen molar-refractivity contribution in [1.29, 1.82) is 0 Å². The van der Waals surface area contributed by atoms with E-state index in [9.17, 15) is 9.90 Å². The number of primary amides is 1. The van der Waals surface area contributed by atoms with Gasteiger partial charge in [-0.3, -0.25) is 19.6 Å². The number of rotatable bonds is 8. The largest absolute Gasteiger partial charge is 0.504 e. The molecule has 0 aliphatic carbocycles. The number of H-pyrrole nitrogens is 1. The predicted octanol–water partition coefficient (Wildman–Crippen LogP) is 2.21. The van der Waals surface area contributed by atoms with Crippen LogP contribution in [-0.4, -0.2) is 57.8 Å². The third-order valence-electron chi connectivity index (χ3n) is 5.87. The molecule has 4 N–H and O–H groups in total. The number of nitrogens with zero attached hydrogens (tertiary/aromatic N) is 7. The van der Waals surface area contributed by atoms with Crippen molar-refractivity contribution in [1.82, 2.24) is 39.7 Å². The molecule has 0 spiro atoms. The van der Waals surface area contributed by atoms with Gasteiger partial charge in [0.1, 0.15) is 11.4 Å². The Morgan fingerprint density at radius 1 is 1.17 bits per heavy atom. The molecular formula is C24H25N9O3. The summed E-state index contributed by atoms with van der Waals surface area (Å²) in [5, 5.41) is 27.2. The molecule has 5 aromatic rings. The highest BCUT2D eigenvalue weighted by molar-refractivity contribution is 6.04. The van der Waals surface area contributed by atoms with E-state index in [4.69, 9.17) is 10.5 Å². The fraction of sp³-hybridized carbons (Fsp3) is 0.250. The molecule has 0 unspecified atom stereocenters. The monoisotopic (exact) mass is 487 g/mol. The normalized spacial score (nSPS) is 11.4. The molecule has 0 aliphatic rings. The fourth-order valence-electron chi connectivity index (χ4n) is 4.08. The van der Waals surface area contributed by atoms with E-state index in [-0.39, 0.29) is 17.4 Å². The molecule has 4 aromatic heterocycles. The number of aromatic hydroxyl groups is 1. The fourth-order valence-corrected chi connectivity index (χ4v) is 4.08. The van der Waals surface area contributed by atoms with Gasteiger partial charge >= 0.3 is 0 Å². The average molecular weight is 488 g/mol. The Kier molecular flexibility index (Phi) is 5.94. The van der Waals surface area contributed by atoms with Crippen molar-refractivity contribution in [3.05, 3.63) is 64.7 Å². The van der Waals surface area contributed by atoms with Crippen molar-refractivity contribution in [3.63, 3.8) is 0 Å². The molecule has 0 bridgehead atoms. The second-order valence-corrected chi connectivity index (χ2v) is 8.46. The van der Waals surface area contributed by atoms with Crippen molar-refractivity contribution in [3.8, 4) is 23.2 Å². The maximum absolute atomic E-state index is 12.0. The summed E-state index contributed by atoms with van der Waals surface area (Å²) in [7, 11) is 1.67. The number of carbonyl (C=O) groups is 1. The first-order chi connectivity index (χ1) is 17.4. The lowest BCUT2D eigenvalue weighted by molar-refractivity contribution is 0.0996. The Morgan fingerprint density at radius 2 is 1.92 bits per heavy atom. The van der Waals surface area contributed by atoms with Crippen LogP contribution >= 0.6 is 0 Å². The quantitative estimate of drug-likeness (QED) is 0.300. The summed E-state index contributed by atoms with van der Waals surface area (Å²) in [6, 6.07) is 9.88. The second kappa shape index (κ2) is 9.23. The van der Waals surface area contributed by atoms with Crippen LogP contribution < -0.4 is 5.73 Å². The Balaban J connectivity index is 1.47. The third kappa shape index (κ3) is 4.18. The number of methoxy groups -OCH3 is 1. The number of ether oxygens (including phenoxy) is 1. The summed E-state index contributed by atoms with van der Waals surface area (Å²) in [5.41, 5.74) is 9.98. The lowest BCUT2D eigenvalue weighted by Crippen LogP contribution is -2.12. The van der Waals surface area contributed by atoms with Gasteiger partial charge in [-0.2, -0.15) is 19.9 Å². The lowest BCUT2D eigenvalue weighted by Gasteiger charge is -2.07. The van der Waals surface area contributed by atoms with Gasteiger partial charge in [0.2, 0.25) is 0 Å². The van der Waals surface area contributed by atoms with Crippen molar-refractivity contribution in [2.75, 3.05) is 7.11 Å². The number of aromatic amines is 1. The molecule has 12 nitrogen and oxygen atoms in total. The number of pyridine rings is 1. The summed E-state index contributed by atoms with van der Waals surface area (Å²) in [6.07, 6.45) is 2.28. The van der Waals surface area contributed by atoms with Crippen LogP contribution in [0.5, 0.6) is 5.75 Å². The van der Waals surface area contributed by atoms with Crippen LogP contribution in [0.25, 0.3) is 28.4 Å². The van der Waals surface area contributed by atoms with Crippen molar-refractivity contribution in [2.45, 2.75) is 33.4 Å². The first-order valence-electron chi connectivity index (χ1n) is 11.3. The first kappa shape index (κ1) is 23.2. The van der Waals surface area contributed by atoms with Gasteiger partial charge in [-0.1, -0.05) is 24.3 Å². The van der Waals surface area contributed by atoms with Crippen molar-refractivity contribution < 1.29 is 14.6 Å². The average Bonchev–Trinajstić information content (AvgIpc) is 3.54. The zero-order valence-corrected chi connectivity index (χ0v) is 20.1. The first-order valence-corrected chi connectivity index (χ1v) is 11.3. The highest BCUT2D eigenvalue weighted by Crippen LogP contribution is 2.31. The number of hydrogen-bond donors (Lipinski definition) is 3. The van der Waals surface area contributed by atoms with Gasteiger partial charge in [0.05, 0.1) is 18.3 Å². The van der Waals surface area contributed by atoms with Gasteiger partial charge in [-0.05, 0) is 37.5 Å². The van der Waals surface area contributed by atoms with E-state index in [1.807, 2.05) is 31.2 Å². The Labute approximate surface area is 205 Å². The van der Waals surface area contributed by atoms with Crippen LogP contribution in [0.2, 0.25) is 0 Å². The molecule has 0 saturated heterocycles. The summed E-state index contributed by atoms with van der Waals surface area (Å²) in [5.74, 6) is -0.176. The van der Waals surface area contributed by atoms with Gasteiger partial charge < -0.3 is 15.6 Å². The topological polar surface area (TPSA) is 163 Å². The van der Waals surface area contributed by atoms with Crippen molar-refractivity contribution >= 4 is 16.8 Å². The van der Waals surface area contributed by atoms with E-state index in [0.717, 1.165) is 16.8 Å². The molecule has 0 saturated carbocycles. The summed E-state index contributed by atoms with van der Waals surface area (Å²) < 4.78 is 8.25. The predicted molar refractivity (Wildman–Crippen MR) is 131 cm³/mol. The standard InChI is InChI=1S/C24H25N9O3/c1-13-10-17-18(11-26-13)33(31-19(17)22(25)35)24-27-23(28-29-24)20-21(34)14(2)30-32(20)9-8-15-4-6-16(7-5-15)12-36-3/h4-7,10-11,34H,8-9,12H2,1-3H3,(H2,25,35)(H,27,28,29). The van der Waals surface area contributed by atoms with Crippen LogP contribution in [-0.2, 0) is 24.3 Å². The van der Waals surface area contributed by atoms with Gasteiger partial charge in [0.25, 0.3) is 11.9 Å². The maximum atomic E-state index is 12.0. The molecule has 4 heterocycles. The summed E-state index contributed by atoms with van der Waals surface area (Å²) in [6.45, 7) is 4.61. The SMILES string of the molecule is COCc1ccc(CCn2nc(C)c(O)c2-c2nc(-n3nc(C(N)=O)c4cc(C)ncc43)n[nH]2)cc1. The van der Waals surface area contributed by atoms with Gasteiger partial charge in [0, 0.05) is 24.7 Å². The molecule has 1 aromatic carbocycles. The van der Waals surface area contributed by atoms with Crippen LogP contribution in [0.1, 0.15) is 33.0 Å². The molecule has 0 atom stereocenters. The van der Waals surface area contributed by atoms with Crippen LogP contribution in [0, 0.1) is 13.8 Å². The minimum atomic E-state index is -0.665. The van der Waals surface area contributed by atoms with E-state index in [1.165, 1.54) is 4.68 Å². The van der Waals surface area contributed by atoms with Crippen LogP contribution in [0.3, 0.4) is 0 Å². The second-order valence-electron chi connectivity index (χ2n) is 8.46. The van der Waals surface area contributed by atoms with E-state index >= 15 is 0 Å². The molecule has 0 aliphatic heterocycles. The molecular weight excluding hydrogens is 462 g/mol. The molecule has 0 radical (unpaired) electrons. The minimum Gasteiger partial charge on any atom is -0.504 e. The van der Waals surface area contributed by atoms with E-state index in [1.54, 1.807) is 31.0 Å². The molecule has 0 fully saturated rings. The molecule has 184 valence electrons. The van der Waals surface area contributed by atoms with Gasteiger partial charge in [0.15, 0.2) is 17.3 Å². The molecule has 12 heteroatoms. The summed E-state index contributed by atoms with van der Waals surface area (Å²) >= 11 is 0. The number of aromatic nitrogens is 8. The number of benzene rings is 1. The molecule has 5 rings (SSSR count). The zero-order chi connectivity index (χ0) is 25.4. The smallest absolute Gasteiger partial charge is 0.270 e. The maximum Gasteiger partial charge on any atom is 0.270 e. The highest BCUT2D eigenvalue weighted by atomic mass is 16.5. The Morgan fingerprint density at radius 3 is 2.64 bits per heavy atom. The van der Waals surface area contributed by atoms with Gasteiger partial charge in [-0.25, -0.2) is 0 Å². The zero-order valence-electron chi connectivity index (χ0n) is 20.1. The highest BCUT2D eigenvalue weighted by Gasteiger charge is 2.23. The van der Waals surface area contributed by atoms with Crippen LogP contribution in [0.4, 0.5) is 0 Å². The van der Waals surface area contributed by atoms with E-state index < -0.39 is 5.91 Å². The number of amides is 1. The Bertz CT molecular complexity index is 1560. The number of aryl methyl sites for hydroxylation is 4. The number of hydrogen-bond acceptors (Lipinski definition) is 8. The molecule has 1 amide bonds. The van der Waals surface area contributed by atoms with E-state index in [2.05, 4.69) is 30.4 Å². The minimum absolute atomic E-state index is 0.00795. The Hall–Kier alpha value is -4.58. The number of fused-ring (bicyclic) bond motifs is 1. The van der Waals surface area contributed by atoms with E-state index in [0.29, 0.717) is 47.7 Å². The number of nitrogens with two attached hydrogens (primary N) is 1. The molecule has 36 heavy (non-hydrogen) atoms. The van der Waals surface area contributed by atoms with Gasteiger partial charge in [-0.15, -0.1) is 5.10 Å². The van der Waals surface area contributed by atoms with Crippen LogP contribution in [0.15, 0.2) is 36.5 Å². The summed E-state index contributed by atoms with van der Waals surface area (Å²) in [4.78, 5) is 20.8. The van der Waals surface area contributed by atoms with Crippen molar-refractivity contribution in [2.24, 2.45) is 5.73 Å². The number of carbonyl (C=O) groups excluding carboxylic acids is 1. The lowest BCUT2D eigenvalue weighted by atomic mass is 10.1.